The van der Waals surface area contributed by atoms with Crippen LogP contribution in [-0.2, 0) is 0 Å². The van der Waals surface area contributed by atoms with E-state index in [1.54, 1.807) is 0 Å². The highest BCUT2D eigenvalue weighted by atomic mass is 35.5. The van der Waals surface area contributed by atoms with Crippen molar-refractivity contribution in [2.45, 2.75) is 20.3 Å². The predicted octanol–water partition coefficient (Wildman–Crippen LogP) is 2.25. The van der Waals surface area contributed by atoms with Gasteiger partial charge < -0.3 is 10.6 Å². The molecule has 0 saturated carbocycles. The normalized spacial score (nSPS) is 10.1. The molecule has 0 aliphatic carbocycles. The van der Waals surface area contributed by atoms with Crippen molar-refractivity contribution < 1.29 is 4.79 Å². The molecule has 2 rings (SSSR count). The number of aromatic nitrogens is 2. The van der Waals surface area contributed by atoms with E-state index in [2.05, 4.69) is 15.7 Å². The summed E-state index contributed by atoms with van der Waals surface area (Å²) in [4.78, 5) is 12.3. The average molecular weight is 323 g/mol. The number of halogens is 1. The largest absolute Gasteiger partial charge is 0.352 e. The fourth-order valence-electron chi connectivity index (χ4n) is 2.35. The Kier molecular flexibility index (Phi) is 7.08. The van der Waals surface area contributed by atoms with Gasteiger partial charge in [-0.1, -0.05) is 18.2 Å². The number of carbonyl (C=O) groups excluding carboxylic acids is 1. The van der Waals surface area contributed by atoms with Gasteiger partial charge in [-0.05, 0) is 46.0 Å². The second-order valence-electron chi connectivity index (χ2n) is 5.01. The summed E-state index contributed by atoms with van der Waals surface area (Å²) >= 11 is 0. The van der Waals surface area contributed by atoms with Gasteiger partial charge in [0.25, 0.3) is 5.91 Å². The maximum absolute atomic E-state index is 12.3. The maximum atomic E-state index is 12.3. The summed E-state index contributed by atoms with van der Waals surface area (Å²) in [7, 11) is 1.90. The molecule has 0 atom stereocenters. The summed E-state index contributed by atoms with van der Waals surface area (Å²) in [5.41, 5.74) is 3.25. The Morgan fingerprint density at radius 3 is 2.50 bits per heavy atom. The van der Waals surface area contributed by atoms with Crippen molar-refractivity contribution >= 4 is 18.3 Å². The van der Waals surface area contributed by atoms with Crippen molar-refractivity contribution in [3.05, 3.63) is 47.3 Å². The second-order valence-corrected chi connectivity index (χ2v) is 5.01. The van der Waals surface area contributed by atoms with Crippen LogP contribution < -0.4 is 10.6 Å². The third-order valence-electron chi connectivity index (χ3n) is 3.41. The summed E-state index contributed by atoms with van der Waals surface area (Å²) in [6.07, 6.45) is 0.910. The molecule has 1 heterocycles. The van der Waals surface area contributed by atoms with Gasteiger partial charge in [-0.15, -0.1) is 12.4 Å². The number of rotatable bonds is 6. The Bertz CT molecular complexity index is 610. The van der Waals surface area contributed by atoms with Crippen LogP contribution in [0.15, 0.2) is 30.3 Å². The number of carbonyl (C=O) groups is 1. The maximum Gasteiger partial charge on any atom is 0.255 e. The molecule has 2 aromatic rings. The highest BCUT2D eigenvalue weighted by Gasteiger charge is 2.18. The zero-order valence-electron chi connectivity index (χ0n) is 13.2. The van der Waals surface area contributed by atoms with Crippen molar-refractivity contribution in [3.63, 3.8) is 0 Å². The van der Waals surface area contributed by atoms with E-state index < -0.39 is 0 Å². The van der Waals surface area contributed by atoms with Gasteiger partial charge >= 0.3 is 0 Å². The third kappa shape index (κ3) is 4.08. The van der Waals surface area contributed by atoms with E-state index in [9.17, 15) is 4.79 Å². The van der Waals surface area contributed by atoms with Gasteiger partial charge in [0.15, 0.2) is 0 Å². The zero-order valence-corrected chi connectivity index (χ0v) is 14.0. The van der Waals surface area contributed by atoms with Crippen LogP contribution in [0, 0.1) is 13.8 Å². The fraction of sp³-hybridized carbons (Fsp3) is 0.375. The summed E-state index contributed by atoms with van der Waals surface area (Å²) in [5.74, 6) is -0.0525. The van der Waals surface area contributed by atoms with Crippen molar-refractivity contribution in [2.75, 3.05) is 20.1 Å². The van der Waals surface area contributed by atoms with E-state index >= 15 is 0 Å². The topological polar surface area (TPSA) is 58.9 Å². The first-order valence-corrected chi connectivity index (χ1v) is 7.19. The molecule has 1 amide bonds. The van der Waals surface area contributed by atoms with Crippen LogP contribution in [0.25, 0.3) is 5.69 Å². The smallest absolute Gasteiger partial charge is 0.255 e. The number of amides is 1. The molecule has 0 radical (unpaired) electrons. The third-order valence-corrected chi connectivity index (χ3v) is 3.41. The number of para-hydroxylation sites is 1. The number of nitrogens with one attached hydrogen (secondary N) is 2. The van der Waals surface area contributed by atoms with E-state index in [-0.39, 0.29) is 18.3 Å². The number of hydrogen-bond acceptors (Lipinski definition) is 3. The fourth-order valence-corrected chi connectivity index (χ4v) is 2.35. The van der Waals surface area contributed by atoms with Crippen LogP contribution in [-0.4, -0.2) is 35.8 Å². The Balaban J connectivity index is 0.00000242. The van der Waals surface area contributed by atoms with Crippen LogP contribution in [0.3, 0.4) is 0 Å². The molecule has 0 fully saturated rings. The summed E-state index contributed by atoms with van der Waals surface area (Å²) in [6.45, 7) is 5.35. The van der Waals surface area contributed by atoms with Gasteiger partial charge in [-0.25, -0.2) is 4.68 Å². The first-order valence-electron chi connectivity index (χ1n) is 7.19. The molecule has 22 heavy (non-hydrogen) atoms. The van der Waals surface area contributed by atoms with E-state index in [1.807, 2.05) is 55.9 Å². The molecule has 0 bridgehead atoms. The molecule has 6 heteroatoms. The Morgan fingerprint density at radius 2 is 1.86 bits per heavy atom. The lowest BCUT2D eigenvalue weighted by atomic mass is 10.2. The number of hydrogen-bond donors (Lipinski definition) is 2. The minimum absolute atomic E-state index is 0. The first-order chi connectivity index (χ1) is 10.1. The van der Waals surface area contributed by atoms with Crippen LogP contribution in [0.2, 0.25) is 0 Å². The molecule has 1 aromatic heterocycles. The SMILES string of the molecule is CNCCCNC(=O)c1c(C)nn(-c2ccccc2)c1C.Cl. The molecular formula is C16H23ClN4O. The van der Waals surface area contributed by atoms with Crippen molar-refractivity contribution in [1.29, 1.82) is 0 Å². The van der Waals surface area contributed by atoms with E-state index in [1.165, 1.54) is 0 Å². The van der Waals surface area contributed by atoms with E-state index in [0.29, 0.717) is 12.1 Å². The second kappa shape index (κ2) is 8.56. The molecule has 0 aliphatic rings. The molecule has 2 N–H and O–H groups in total. The summed E-state index contributed by atoms with van der Waals surface area (Å²) in [6, 6.07) is 9.85. The van der Waals surface area contributed by atoms with Gasteiger partial charge in [0.1, 0.15) is 0 Å². The minimum Gasteiger partial charge on any atom is -0.352 e. The van der Waals surface area contributed by atoms with Gasteiger partial charge in [-0.3, -0.25) is 4.79 Å². The molecule has 0 unspecified atom stereocenters. The van der Waals surface area contributed by atoms with Crippen LogP contribution >= 0.6 is 12.4 Å². The van der Waals surface area contributed by atoms with Crippen molar-refractivity contribution in [3.8, 4) is 5.69 Å². The lowest BCUT2D eigenvalue weighted by Crippen LogP contribution is -2.27. The Hall–Kier alpha value is -1.85. The van der Waals surface area contributed by atoms with Gasteiger partial charge in [-0.2, -0.15) is 5.10 Å². The Morgan fingerprint density at radius 1 is 1.18 bits per heavy atom. The number of nitrogens with zero attached hydrogens (tertiary/aromatic N) is 2. The van der Waals surface area contributed by atoms with Crippen molar-refractivity contribution in [1.82, 2.24) is 20.4 Å². The standard InChI is InChI=1S/C16H22N4O.ClH/c1-12-15(16(21)18-11-7-10-17-3)13(2)20(19-12)14-8-5-4-6-9-14;/h4-6,8-9,17H,7,10-11H2,1-3H3,(H,18,21);1H. The molecule has 5 nitrogen and oxygen atoms in total. The highest BCUT2D eigenvalue weighted by molar-refractivity contribution is 5.96. The van der Waals surface area contributed by atoms with E-state index in [4.69, 9.17) is 0 Å². The average Bonchev–Trinajstić information content (AvgIpc) is 2.79. The van der Waals surface area contributed by atoms with E-state index in [0.717, 1.165) is 30.0 Å². The summed E-state index contributed by atoms with van der Waals surface area (Å²) in [5, 5.41) is 10.5. The predicted molar refractivity (Wildman–Crippen MR) is 91.2 cm³/mol. The van der Waals surface area contributed by atoms with Gasteiger partial charge in [0, 0.05) is 6.54 Å². The Labute approximate surface area is 137 Å². The highest BCUT2D eigenvalue weighted by Crippen LogP contribution is 2.17. The number of aryl methyl sites for hydroxylation is 1. The molecule has 0 aliphatic heterocycles. The van der Waals surface area contributed by atoms with Crippen molar-refractivity contribution in [2.24, 2.45) is 0 Å². The monoisotopic (exact) mass is 322 g/mol. The molecule has 120 valence electrons. The van der Waals surface area contributed by atoms with Gasteiger partial charge in [0.2, 0.25) is 0 Å². The lowest BCUT2D eigenvalue weighted by Gasteiger charge is -2.06. The first kappa shape index (κ1) is 18.2. The lowest BCUT2D eigenvalue weighted by molar-refractivity contribution is 0.0952. The summed E-state index contributed by atoms with van der Waals surface area (Å²) < 4.78 is 1.82. The quantitative estimate of drug-likeness (QED) is 0.802. The zero-order chi connectivity index (χ0) is 15.2. The molecule has 1 aromatic carbocycles. The molecular weight excluding hydrogens is 300 g/mol. The van der Waals surface area contributed by atoms with Crippen LogP contribution in [0.1, 0.15) is 28.2 Å². The van der Waals surface area contributed by atoms with Crippen LogP contribution in [0.5, 0.6) is 0 Å². The molecule has 0 saturated heterocycles. The van der Waals surface area contributed by atoms with Gasteiger partial charge in [0.05, 0.1) is 22.6 Å². The van der Waals surface area contributed by atoms with Crippen LogP contribution in [0.4, 0.5) is 0 Å². The molecule has 0 spiro atoms. The number of benzene rings is 1. The minimum atomic E-state index is -0.0525.